The van der Waals surface area contributed by atoms with Crippen molar-refractivity contribution in [3.63, 3.8) is 0 Å². The van der Waals surface area contributed by atoms with Crippen molar-refractivity contribution >= 4 is 15.9 Å². The predicted molar refractivity (Wildman–Crippen MR) is 51.1 cm³/mol. The number of aryl methyl sites for hydroxylation is 1. The van der Waals surface area contributed by atoms with Gasteiger partial charge in [-0.15, -0.1) is 0 Å². The highest BCUT2D eigenvalue weighted by molar-refractivity contribution is 7.89. The molecule has 0 fully saturated rings. The van der Waals surface area contributed by atoms with Crippen molar-refractivity contribution in [2.45, 2.75) is 11.8 Å². The van der Waals surface area contributed by atoms with Gasteiger partial charge in [-0.1, -0.05) is 12.1 Å². The molecule has 0 aliphatic rings. The molecule has 4 N–H and O–H groups in total. The summed E-state index contributed by atoms with van der Waals surface area (Å²) in [5.74, 6) is -0.808. The summed E-state index contributed by atoms with van der Waals surface area (Å²) in [6, 6.07) is 4.42. The standard InChI is InChI=1S/C8H10N2O3S/c1-5-3-2-4-6(8(9)11)7(5)14(10,12)13/h2-4H,1H3,(H2,9,11)(H2,10,12,13). The molecule has 14 heavy (non-hydrogen) atoms. The molecule has 0 aliphatic carbocycles. The van der Waals surface area contributed by atoms with E-state index in [1.54, 1.807) is 19.1 Å². The Morgan fingerprint density at radius 3 is 2.29 bits per heavy atom. The minimum absolute atomic E-state index is 0.0764. The molecule has 0 aromatic heterocycles. The summed E-state index contributed by atoms with van der Waals surface area (Å²) >= 11 is 0. The molecule has 1 aromatic rings. The largest absolute Gasteiger partial charge is 0.366 e. The van der Waals surface area contributed by atoms with E-state index in [1.165, 1.54) is 6.07 Å². The van der Waals surface area contributed by atoms with Crippen LogP contribution in [0.25, 0.3) is 0 Å². The molecular formula is C8H10N2O3S. The zero-order valence-electron chi connectivity index (χ0n) is 7.52. The third-order valence-corrected chi connectivity index (χ3v) is 2.87. The van der Waals surface area contributed by atoms with Crippen LogP contribution in [0, 0.1) is 6.92 Å². The Bertz CT molecular complexity index is 479. The fraction of sp³-hybridized carbons (Fsp3) is 0.125. The van der Waals surface area contributed by atoms with E-state index < -0.39 is 15.9 Å². The Morgan fingerprint density at radius 1 is 1.36 bits per heavy atom. The van der Waals surface area contributed by atoms with Crippen LogP contribution in [0.3, 0.4) is 0 Å². The van der Waals surface area contributed by atoms with Gasteiger partial charge in [-0.25, -0.2) is 13.6 Å². The Balaban J connectivity index is 3.62. The smallest absolute Gasteiger partial charge is 0.250 e. The van der Waals surface area contributed by atoms with Crippen molar-refractivity contribution in [1.82, 2.24) is 0 Å². The number of benzene rings is 1. The van der Waals surface area contributed by atoms with Gasteiger partial charge in [0.2, 0.25) is 15.9 Å². The summed E-state index contributed by atoms with van der Waals surface area (Å²) in [6.45, 7) is 1.55. The minimum atomic E-state index is -3.91. The highest BCUT2D eigenvalue weighted by atomic mass is 32.2. The first kappa shape index (κ1) is 10.7. The fourth-order valence-electron chi connectivity index (χ4n) is 1.22. The number of sulfonamides is 1. The summed E-state index contributed by atoms with van der Waals surface area (Å²) in [5.41, 5.74) is 5.35. The van der Waals surface area contributed by atoms with Gasteiger partial charge in [0, 0.05) is 0 Å². The number of rotatable bonds is 2. The van der Waals surface area contributed by atoms with Crippen molar-refractivity contribution in [1.29, 1.82) is 0 Å². The normalized spacial score (nSPS) is 11.3. The van der Waals surface area contributed by atoms with Gasteiger partial charge < -0.3 is 5.73 Å². The van der Waals surface area contributed by atoms with Gasteiger partial charge in [0.05, 0.1) is 10.5 Å². The van der Waals surface area contributed by atoms with Crippen molar-refractivity contribution in [3.05, 3.63) is 29.3 Å². The monoisotopic (exact) mass is 214 g/mol. The first-order valence-corrected chi connectivity index (χ1v) is 5.31. The fourth-order valence-corrected chi connectivity index (χ4v) is 2.22. The number of primary sulfonamides is 1. The molecule has 0 unspecified atom stereocenters. The molecule has 0 spiro atoms. The second-order valence-corrected chi connectivity index (χ2v) is 4.36. The lowest BCUT2D eigenvalue weighted by Gasteiger charge is -2.06. The molecule has 1 amide bonds. The van der Waals surface area contributed by atoms with Crippen molar-refractivity contribution in [2.24, 2.45) is 10.9 Å². The molecule has 0 aliphatic heterocycles. The quantitative estimate of drug-likeness (QED) is 0.708. The van der Waals surface area contributed by atoms with E-state index in [0.717, 1.165) is 0 Å². The predicted octanol–water partition coefficient (Wildman–Crippen LogP) is -0.259. The van der Waals surface area contributed by atoms with Crippen LogP contribution >= 0.6 is 0 Å². The number of amides is 1. The summed E-state index contributed by atoms with van der Waals surface area (Å²) in [5, 5.41) is 4.96. The first-order valence-electron chi connectivity index (χ1n) is 3.76. The van der Waals surface area contributed by atoms with Crippen LogP contribution in [0.4, 0.5) is 0 Å². The highest BCUT2D eigenvalue weighted by Gasteiger charge is 2.19. The number of carbonyl (C=O) groups excluding carboxylic acids is 1. The van der Waals surface area contributed by atoms with E-state index in [9.17, 15) is 13.2 Å². The van der Waals surface area contributed by atoms with Gasteiger partial charge >= 0.3 is 0 Å². The van der Waals surface area contributed by atoms with Gasteiger partial charge in [0.15, 0.2) is 0 Å². The summed E-state index contributed by atoms with van der Waals surface area (Å²) in [7, 11) is -3.91. The van der Waals surface area contributed by atoms with E-state index >= 15 is 0 Å². The van der Waals surface area contributed by atoms with Crippen LogP contribution in [0.15, 0.2) is 23.1 Å². The zero-order valence-corrected chi connectivity index (χ0v) is 8.34. The lowest BCUT2D eigenvalue weighted by molar-refractivity contribution is 0.0997. The van der Waals surface area contributed by atoms with Crippen LogP contribution in [0.1, 0.15) is 15.9 Å². The van der Waals surface area contributed by atoms with Gasteiger partial charge in [-0.05, 0) is 18.6 Å². The maximum absolute atomic E-state index is 11.1. The molecule has 0 bridgehead atoms. The van der Waals surface area contributed by atoms with Gasteiger partial charge in [0.25, 0.3) is 0 Å². The second kappa shape index (κ2) is 3.39. The molecular weight excluding hydrogens is 204 g/mol. The lowest BCUT2D eigenvalue weighted by atomic mass is 10.1. The minimum Gasteiger partial charge on any atom is -0.366 e. The molecule has 1 aromatic carbocycles. The average Bonchev–Trinajstić information content (AvgIpc) is 2.01. The zero-order chi connectivity index (χ0) is 10.9. The average molecular weight is 214 g/mol. The molecule has 0 saturated heterocycles. The number of primary amides is 1. The van der Waals surface area contributed by atoms with Crippen molar-refractivity contribution < 1.29 is 13.2 Å². The Labute approximate surface area is 81.8 Å². The van der Waals surface area contributed by atoms with Crippen LogP contribution in [-0.4, -0.2) is 14.3 Å². The summed E-state index contributed by atoms with van der Waals surface area (Å²) < 4.78 is 22.3. The first-order chi connectivity index (χ1) is 6.34. The Hall–Kier alpha value is -1.40. The molecule has 5 nitrogen and oxygen atoms in total. The van der Waals surface area contributed by atoms with E-state index in [-0.39, 0.29) is 10.5 Å². The maximum Gasteiger partial charge on any atom is 0.250 e. The molecule has 76 valence electrons. The molecule has 0 radical (unpaired) electrons. The Kier molecular flexibility index (Phi) is 2.59. The molecule has 0 atom stereocenters. The molecule has 0 saturated carbocycles. The van der Waals surface area contributed by atoms with E-state index in [4.69, 9.17) is 10.9 Å². The molecule has 1 rings (SSSR count). The van der Waals surface area contributed by atoms with Crippen molar-refractivity contribution in [2.75, 3.05) is 0 Å². The van der Waals surface area contributed by atoms with Crippen molar-refractivity contribution in [3.8, 4) is 0 Å². The highest BCUT2D eigenvalue weighted by Crippen LogP contribution is 2.18. The third kappa shape index (κ3) is 1.91. The van der Waals surface area contributed by atoms with Gasteiger partial charge in [0.1, 0.15) is 0 Å². The van der Waals surface area contributed by atoms with Gasteiger partial charge in [-0.3, -0.25) is 4.79 Å². The summed E-state index contributed by atoms with van der Waals surface area (Å²) in [6.07, 6.45) is 0. The van der Waals surface area contributed by atoms with Crippen LogP contribution < -0.4 is 10.9 Å². The number of nitrogens with two attached hydrogens (primary N) is 2. The molecule has 0 heterocycles. The van der Waals surface area contributed by atoms with Gasteiger partial charge in [-0.2, -0.15) is 0 Å². The SMILES string of the molecule is Cc1cccc(C(N)=O)c1S(N)(=O)=O. The summed E-state index contributed by atoms with van der Waals surface area (Å²) in [4.78, 5) is 10.7. The van der Waals surface area contributed by atoms with E-state index in [2.05, 4.69) is 0 Å². The van der Waals surface area contributed by atoms with E-state index in [0.29, 0.717) is 5.56 Å². The second-order valence-electron chi connectivity index (χ2n) is 2.86. The maximum atomic E-state index is 11.1. The number of carbonyl (C=O) groups is 1. The van der Waals surface area contributed by atoms with Crippen LogP contribution in [0.5, 0.6) is 0 Å². The van der Waals surface area contributed by atoms with Crippen LogP contribution in [-0.2, 0) is 10.0 Å². The lowest BCUT2D eigenvalue weighted by Crippen LogP contribution is -2.21. The third-order valence-electron chi connectivity index (χ3n) is 1.76. The topological polar surface area (TPSA) is 103 Å². The van der Waals surface area contributed by atoms with Crippen LogP contribution in [0.2, 0.25) is 0 Å². The number of hydrogen-bond acceptors (Lipinski definition) is 3. The number of hydrogen-bond donors (Lipinski definition) is 2. The Morgan fingerprint density at radius 2 is 1.93 bits per heavy atom. The molecule has 6 heteroatoms. The van der Waals surface area contributed by atoms with E-state index in [1.807, 2.05) is 0 Å².